The van der Waals surface area contributed by atoms with Crippen LogP contribution in [0.15, 0.2) is 60.8 Å². The van der Waals surface area contributed by atoms with Crippen LogP contribution >= 0.6 is 7.82 Å². The van der Waals surface area contributed by atoms with Gasteiger partial charge in [-0.3, -0.25) is 13.8 Å². The van der Waals surface area contributed by atoms with Gasteiger partial charge in [0.15, 0.2) is 0 Å². The Balaban J connectivity index is 2.30. The highest BCUT2D eigenvalue weighted by Crippen LogP contribution is 2.47. The molecule has 0 heterocycles. The van der Waals surface area contributed by atoms with E-state index < -0.39 is 63.1 Å². The molecule has 1 fully saturated rings. The SMILES string of the molecule is CC/C=C\C/C=C\C/C=C\C/C=C\CCCCCCCCCCCCCOCC(COP(=O)(O)OC1C(O)C(O)C(O)C(O)C1O)OC(=O)CCCCCCC/C=C\CCC. The van der Waals surface area contributed by atoms with Crippen molar-refractivity contribution < 1.29 is 58.3 Å². The molecule has 1 saturated carbocycles. The van der Waals surface area contributed by atoms with Crippen LogP contribution in [-0.2, 0) is 27.9 Å². The fourth-order valence-electron chi connectivity index (χ4n) is 6.88. The number of carbonyl (C=O) groups excluding carboxylic acids is 1. The van der Waals surface area contributed by atoms with Crippen LogP contribution < -0.4 is 0 Å². The summed E-state index contributed by atoms with van der Waals surface area (Å²) >= 11 is 0. The Morgan fingerprint density at radius 1 is 0.541 bits per heavy atom. The van der Waals surface area contributed by atoms with E-state index in [0.717, 1.165) is 96.3 Å². The number of esters is 1. The smallest absolute Gasteiger partial charge is 0.457 e. The van der Waals surface area contributed by atoms with Crippen LogP contribution in [0, 0.1) is 0 Å². The van der Waals surface area contributed by atoms with Crippen LogP contribution in [0.25, 0.3) is 0 Å². The highest BCUT2D eigenvalue weighted by molar-refractivity contribution is 7.47. The number of aliphatic hydroxyl groups is 5. The van der Waals surface area contributed by atoms with Gasteiger partial charge in [-0.15, -0.1) is 0 Å². The topological polar surface area (TPSA) is 192 Å². The molecule has 0 saturated heterocycles. The molecule has 0 aromatic heterocycles. The van der Waals surface area contributed by atoms with Gasteiger partial charge >= 0.3 is 13.8 Å². The Bertz CT molecular complexity index is 1240. The van der Waals surface area contributed by atoms with Gasteiger partial charge in [-0.05, 0) is 70.6 Å². The summed E-state index contributed by atoms with van der Waals surface area (Å²) in [7, 11) is -5.02. The first-order valence-electron chi connectivity index (χ1n) is 23.6. The van der Waals surface area contributed by atoms with E-state index in [1.807, 2.05) is 0 Å². The Morgan fingerprint density at radius 3 is 1.49 bits per heavy atom. The number of phosphoric acid groups is 1. The first-order valence-corrected chi connectivity index (χ1v) is 25.1. The van der Waals surface area contributed by atoms with Crippen molar-refractivity contribution in [3.8, 4) is 0 Å². The number of phosphoric ester groups is 1. The van der Waals surface area contributed by atoms with Gasteiger partial charge in [-0.2, -0.15) is 0 Å². The minimum atomic E-state index is -5.02. The van der Waals surface area contributed by atoms with Crippen LogP contribution in [0.4, 0.5) is 0 Å². The second kappa shape index (κ2) is 38.5. The standard InChI is InChI=1S/C48H85O12P/c1-3-5-7-9-11-13-15-16-17-18-19-20-21-22-23-24-25-26-27-28-30-32-34-36-38-57-39-41(59-42(49)37-35-33-31-29-14-12-10-8-6-4-2)40-58-61(55,56)60-48-46(53)44(51)43(50)45(52)47(48)54/h5,7-8,10-11,13,16-17,19-20,41,43-48,50-54H,3-4,6,9,12,14-15,18,21-40H2,1-2H3,(H,55,56)/b7-5-,10-8-,13-11-,17-16-,20-19-. The number of allylic oxidation sites excluding steroid dienone is 10. The number of ether oxygens (including phenoxy) is 2. The molecular formula is C48H85O12P. The molecule has 0 radical (unpaired) electrons. The maximum Gasteiger partial charge on any atom is 0.472 e. The molecule has 61 heavy (non-hydrogen) atoms. The predicted molar refractivity (Wildman–Crippen MR) is 244 cm³/mol. The Kier molecular flexibility index (Phi) is 36.0. The summed E-state index contributed by atoms with van der Waals surface area (Å²) in [4.78, 5) is 23.1. The third-order valence-electron chi connectivity index (χ3n) is 10.6. The minimum Gasteiger partial charge on any atom is -0.457 e. The maximum atomic E-state index is 12.8. The minimum absolute atomic E-state index is 0.0843. The molecule has 1 aliphatic carbocycles. The molecule has 1 rings (SSSR count). The molecule has 1 aliphatic rings. The van der Waals surface area contributed by atoms with Gasteiger partial charge < -0.3 is 39.9 Å². The van der Waals surface area contributed by atoms with Crippen LogP contribution in [-0.4, -0.2) is 98.9 Å². The Hall–Kier alpha value is -1.96. The highest BCUT2D eigenvalue weighted by Gasteiger charge is 2.51. The third kappa shape index (κ3) is 30.7. The van der Waals surface area contributed by atoms with Gasteiger partial charge in [0.2, 0.25) is 0 Å². The predicted octanol–water partition coefficient (Wildman–Crippen LogP) is 9.81. The molecule has 13 heteroatoms. The van der Waals surface area contributed by atoms with Crippen LogP contribution in [0.3, 0.4) is 0 Å². The average molecular weight is 885 g/mol. The lowest BCUT2D eigenvalue weighted by atomic mass is 9.85. The monoisotopic (exact) mass is 885 g/mol. The van der Waals surface area contributed by atoms with E-state index in [1.54, 1.807) is 0 Å². The number of aliphatic hydroxyl groups excluding tert-OH is 5. The summed E-state index contributed by atoms with van der Waals surface area (Å²) in [5, 5.41) is 50.1. The van der Waals surface area contributed by atoms with Gasteiger partial charge in [0, 0.05) is 13.0 Å². The van der Waals surface area contributed by atoms with Crippen molar-refractivity contribution in [1.82, 2.24) is 0 Å². The first-order chi connectivity index (χ1) is 29.5. The van der Waals surface area contributed by atoms with Crippen LogP contribution in [0.2, 0.25) is 0 Å². The molecule has 6 unspecified atom stereocenters. The zero-order valence-corrected chi connectivity index (χ0v) is 38.6. The van der Waals surface area contributed by atoms with Crippen molar-refractivity contribution in [3.05, 3.63) is 60.8 Å². The van der Waals surface area contributed by atoms with Crippen molar-refractivity contribution in [2.45, 2.75) is 217 Å². The molecule has 6 N–H and O–H groups in total. The zero-order valence-electron chi connectivity index (χ0n) is 37.7. The van der Waals surface area contributed by atoms with Crippen LogP contribution in [0.5, 0.6) is 0 Å². The van der Waals surface area contributed by atoms with E-state index in [9.17, 15) is 39.8 Å². The van der Waals surface area contributed by atoms with Gasteiger partial charge in [0.05, 0.1) is 13.2 Å². The summed E-state index contributed by atoms with van der Waals surface area (Å²) in [6.45, 7) is 4.05. The summed E-state index contributed by atoms with van der Waals surface area (Å²) in [6.07, 6.45) is 35.9. The third-order valence-corrected chi connectivity index (χ3v) is 11.6. The van der Waals surface area contributed by atoms with Crippen LogP contribution in [0.1, 0.15) is 174 Å². The summed E-state index contributed by atoms with van der Waals surface area (Å²) in [5.74, 6) is -0.492. The molecule has 0 spiro atoms. The molecule has 0 aliphatic heterocycles. The fraction of sp³-hybridized carbons (Fsp3) is 0.771. The fourth-order valence-corrected chi connectivity index (χ4v) is 7.85. The van der Waals surface area contributed by atoms with E-state index in [1.165, 1.54) is 51.4 Å². The molecule has 0 bridgehead atoms. The molecule has 0 amide bonds. The quantitative estimate of drug-likeness (QED) is 0.0148. The molecular weight excluding hydrogens is 799 g/mol. The van der Waals surface area contributed by atoms with E-state index in [-0.39, 0.29) is 13.0 Å². The number of hydrogen-bond acceptors (Lipinski definition) is 11. The van der Waals surface area contributed by atoms with Crippen molar-refractivity contribution in [2.24, 2.45) is 0 Å². The van der Waals surface area contributed by atoms with Crippen molar-refractivity contribution in [1.29, 1.82) is 0 Å². The van der Waals surface area contributed by atoms with Crippen molar-refractivity contribution in [2.75, 3.05) is 19.8 Å². The molecule has 12 nitrogen and oxygen atoms in total. The Morgan fingerprint density at radius 2 is 0.967 bits per heavy atom. The lowest BCUT2D eigenvalue weighted by Gasteiger charge is -2.41. The summed E-state index contributed by atoms with van der Waals surface area (Å²) in [5.41, 5.74) is 0. The van der Waals surface area contributed by atoms with Crippen molar-refractivity contribution in [3.63, 3.8) is 0 Å². The van der Waals surface area contributed by atoms with E-state index in [0.29, 0.717) is 13.0 Å². The molecule has 354 valence electrons. The zero-order chi connectivity index (χ0) is 44.8. The van der Waals surface area contributed by atoms with E-state index in [4.69, 9.17) is 18.5 Å². The van der Waals surface area contributed by atoms with Gasteiger partial charge in [0.1, 0.15) is 42.7 Å². The Labute approximate surface area is 368 Å². The van der Waals surface area contributed by atoms with Gasteiger partial charge in [-0.25, -0.2) is 4.57 Å². The number of hydrogen-bond donors (Lipinski definition) is 6. The summed E-state index contributed by atoms with van der Waals surface area (Å²) < 4.78 is 34.1. The largest absolute Gasteiger partial charge is 0.472 e. The molecule has 0 aromatic carbocycles. The maximum absolute atomic E-state index is 12.8. The average Bonchev–Trinajstić information content (AvgIpc) is 3.24. The lowest BCUT2D eigenvalue weighted by molar-refractivity contribution is -0.220. The second-order valence-corrected chi connectivity index (χ2v) is 17.6. The van der Waals surface area contributed by atoms with Gasteiger partial charge in [0.25, 0.3) is 0 Å². The lowest BCUT2D eigenvalue weighted by Crippen LogP contribution is -2.64. The highest BCUT2D eigenvalue weighted by atomic mass is 31.2. The molecule has 0 aromatic rings. The second-order valence-electron chi connectivity index (χ2n) is 16.2. The number of carbonyl (C=O) groups is 1. The van der Waals surface area contributed by atoms with E-state index >= 15 is 0 Å². The number of rotatable bonds is 39. The molecule has 6 atom stereocenters. The number of unbranched alkanes of at least 4 members (excludes halogenated alkanes) is 17. The normalized spacial score (nSPS) is 22.7. The first kappa shape index (κ1) is 57.1. The summed E-state index contributed by atoms with van der Waals surface area (Å²) in [6, 6.07) is 0. The van der Waals surface area contributed by atoms with E-state index in [2.05, 4.69) is 74.6 Å². The van der Waals surface area contributed by atoms with Crippen molar-refractivity contribution >= 4 is 13.8 Å². The van der Waals surface area contributed by atoms with Gasteiger partial charge in [-0.1, -0.05) is 158 Å².